The van der Waals surface area contributed by atoms with Crippen molar-refractivity contribution in [2.75, 3.05) is 18.8 Å². The lowest BCUT2D eigenvalue weighted by molar-refractivity contribution is -0.0426. The van der Waals surface area contributed by atoms with Crippen LogP contribution in [-0.2, 0) is 14.2 Å². The zero-order valence-corrected chi connectivity index (χ0v) is 13.5. The summed E-state index contributed by atoms with van der Waals surface area (Å²) in [6.45, 7) is 4.49. The minimum absolute atomic E-state index is 0.0569. The van der Waals surface area contributed by atoms with E-state index in [-0.39, 0.29) is 30.2 Å². The summed E-state index contributed by atoms with van der Waals surface area (Å²) in [4.78, 5) is 12.2. The normalized spacial score (nSPS) is 28.5. The van der Waals surface area contributed by atoms with Crippen LogP contribution in [0.2, 0.25) is 0 Å². The number of hydrogen-bond donors (Lipinski definition) is 0. The van der Waals surface area contributed by atoms with Crippen molar-refractivity contribution in [1.29, 1.82) is 0 Å². The van der Waals surface area contributed by atoms with E-state index in [0.29, 0.717) is 18.1 Å². The highest BCUT2D eigenvalue weighted by Gasteiger charge is 2.42. The van der Waals surface area contributed by atoms with Gasteiger partial charge in [0, 0.05) is 5.92 Å². The predicted octanol–water partition coefficient (Wildman–Crippen LogP) is 2.97. The Hall–Kier alpha value is -1.04. The number of ether oxygens (including phenoxy) is 3. The lowest BCUT2D eigenvalue weighted by atomic mass is 9.99. The average Bonchev–Trinajstić information content (AvgIpc) is 2.76. The second-order valence-electron chi connectivity index (χ2n) is 5.25. The lowest BCUT2D eigenvalue weighted by Crippen LogP contribution is -2.34. The Morgan fingerprint density at radius 2 is 2.00 bits per heavy atom. The van der Waals surface area contributed by atoms with Crippen LogP contribution in [0.25, 0.3) is 0 Å². The number of carbonyl (C=O) groups excluding carboxylic acids is 1. The molecule has 116 valence electrons. The Morgan fingerprint density at radius 3 is 2.67 bits per heavy atom. The van der Waals surface area contributed by atoms with Gasteiger partial charge in [0.2, 0.25) is 0 Å². The second-order valence-corrected chi connectivity index (χ2v) is 6.07. The van der Waals surface area contributed by atoms with Gasteiger partial charge in [0.15, 0.2) is 0 Å². The van der Waals surface area contributed by atoms with Crippen LogP contribution in [0.3, 0.4) is 0 Å². The SMILES string of the molecule is CSCOC[C@H]1O[C@@H](C)C(C)[C@H]1OC(=O)c1ccccc1. The molecule has 0 radical (unpaired) electrons. The monoisotopic (exact) mass is 310 g/mol. The van der Waals surface area contributed by atoms with Crippen LogP contribution in [0.1, 0.15) is 24.2 Å². The Morgan fingerprint density at radius 1 is 1.29 bits per heavy atom. The molecule has 2 rings (SSSR count). The van der Waals surface area contributed by atoms with Gasteiger partial charge in [-0.05, 0) is 25.3 Å². The van der Waals surface area contributed by atoms with Crippen molar-refractivity contribution in [3.05, 3.63) is 35.9 Å². The summed E-state index contributed by atoms with van der Waals surface area (Å²) in [5.74, 6) is 0.461. The van der Waals surface area contributed by atoms with Crippen LogP contribution in [0.4, 0.5) is 0 Å². The molecule has 1 aliphatic rings. The molecule has 21 heavy (non-hydrogen) atoms. The lowest BCUT2D eigenvalue weighted by Gasteiger charge is -2.21. The van der Waals surface area contributed by atoms with Gasteiger partial charge >= 0.3 is 5.97 Å². The third kappa shape index (κ3) is 4.22. The van der Waals surface area contributed by atoms with Crippen LogP contribution in [0.15, 0.2) is 30.3 Å². The molecule has 5 heteroatoms. The summed E-state index contributed by atoms with van der Waals surface area (Å²) in [6, 6.07) is 9.04. The Kier molecular flexibility index (Phi) is 6.08. The summed E-state index contributed by atoms with van der Waals surface area (Å²) in [7, 11) is 0. The number of thioether (sulfide) groups is 1. The van der Waals surface area contributed by atoms with Crippen molar-refractivity contribution in [1.82, 2.24) is 0 Å². The summed E-state index contributed by atoms with van der Waals surface area (Å²) in [5.41, 5.74) is 0.563. The van der Waals surface area contributed by atoms with Crippen molar-refractivity contribution in [2.45, 2.75) is 32.2 Å². The molecular weight excluding hydrogens is 288 g/mol. The van der Waals surface area contributed by atoms with Crippen molar-refractivity contribution in [3.8, 4) is 0 Å². The Labute approximate surface area is 130 Å². The number of hydrogen-bond acceptors (Lipinski definition) is 5. The Balaban J connectivity index is 1.99. The van der Waals surface area contributed by atoms with Gasteiger partial charge in [-0.15, -0.1) is 11.8 Å². The summed E-state index contributed by atoms with van der Waals surface area (Å²) >= 11 is 1.61. The quantitative estimate of drug-likeness (QED) is 0.459. The summed E-state index contributed by atoms with van der Waals surface area (Å²) < 4.78 is 17.1. The fourth-order valence-electron chi connectivity index (χ4n) is 2.41. The molecular formula is C16H22O4S. The molecule has 1 unspecified atom stereocenters. The van der Waals surface area contributed by atoms with Crippen molar-refractivity contribution >= 4 is 17.7 Å². The molecule has 0 aliphatic carbocycles. The van der Waals surface area contributed by atoms with E-state index in [2.05, 4.69) is 0 Å². The second kappa shape index (κ2) is 7.82. The number of rotatable bonds is 6. The van der Waals surface area contributed by atoms with Crippen LogP contribution in [0, 0.1) is 5.92 Å². The van der Waals surface area contributed by atoms with Crippen LogP contribution in [-0.4, -0.2) is 43.1 Å². The topological polar surface area (TPSA) is 44.8 Å². The highest BCUT2D eigenvalue weighted by atomic mass is 32.2. The van der Waals surface area contributed by atoms with E-state index in [1.807, 2.05) is 38.3 Å². The van der Waals surface area contributed by atoms with E-state index in [0.717, 1.165) is 0 Å². The molecule has 0 N–H and O–H groups in total. The van der Waals surface area contributed by atoms with Gasteiger partial charge in [0.25, 0.3) is 0 Å². The van der Waals surface area contributed by atoms with Gasteiger partial charge in [-0.1, -0.05) is 25.1 Å². The summed E-state index contributed by atoms with van der Waals surface area (Å²) in [6.07, 6.45) is 1.57. The van der Waals surface area contributed by atoms with Crippen LogP contribution >= 0.6 is 11.8 Å². The Bertz CT molecular complexity index is 451. The van der Waals surface area contributed by atoms with Crippen molar-refractivity contribution in [3.63, 3.8) is 0 Å². The molecule has 1 saturated heterocycles. The van der Waals surface area contributed by atoms with E-state index in [9.17, 15) is 4.79 Å². The predicted molar refractivity (Wildman–Crippen MR) is 83.5 cm³/mol. The first-order valence-corrected chi connectivity index (χ1v) is 8.51. The van der Waals surface area contributed by atoms with Crippen LogP contribution < -0.4 is 0 Å². The maximum Gasteiger partial charge on any atom is 0.338 e. The fourth-order valence-corrected chi connectivity index (χ4v) is 2.68. The number of benzene rings is 1. The number of esters is 1. The molecule has 1 aromatic rings. The van der Waals surface area contributed by atoms with E-state index in [4.69, 9.17) is 14.2 Å². The molecule has 4 atom stereocenters. The molecule has 0 bridgehead atoms. The number of carbonyl (C=O) groups is 1. The molecule has 0 saturated carbocycles. The average molecular weight is 310 g/mol. The molecule has 1 fully saturated rings. The van der Waals surface area contributed by atoms with Gasteiger partial charge in [-0.25, -0.2) is 4.79 Å². The maximum absolute atomic E-state index is 12.2. The van der Waals surface area contributed by atoms with E-state index < -0.39 is 0 Å². The largest absolute Gasteiger partial charge is 0.456 e. The molecule has 0 amide bonds. The minimum atomic E-state index is -0.306. The molecule has 1 aliphatic heterocycles. The van der Waals surface area contributed by atoms with Gasteiger partial charge < -0.3 is 14.2 Å². The smallest absolute Gasteiger partial charge is 0.338 e. The third-order valence-electron chi connectivity index (χ3n) is 3.75. The van der Waals surface area contributed by atoms with Gasteiger partial charge in [0.05, 0.1) is 24.2 Å². The van der Waals surface area contributed by atoms with Crippen molar-refractivity contribution in [2.24, 2.45) is 5.92 Å². The maximum atomic E-state index is 12.2. The van der Waals surface area contributed by atoms with Gasteiger partial charge in [0.1, 0.15) is 12.2 Å². The highest BCUT2D eigenvalue weighted by molar-refractivity contribution is 7.98. The fraction of sp³-hybridized carbons (Fsp3) is 0.562. The van der Waals surface area contributed by atoms with Gasteiger partial charge in [-0.2, -0.15) is 0 Å². The van der Waals surface area contributed by atoms with E-state index in [1.165, 1.54) is 0 Å². The van der Waals surface area contributed by atoms with Crippen LogP contribution in [0.5, 0.6) is 0 Å². The zero-order valence-electron chi connectivity index (χ0n) is 12.7. The first kappa shape index (κ1) is 16.3. The standard InChI is InChI=1S/C16H22O4S/c1-11-12(2)19-14(9-18-10-21-3)15(11)20-16(17)13-7-5-4-6-8-13/h4-8,11-12,14-15H,9-10H2,1-3H3/t11?,12-,14+,15+/m0/s1. The molecule has 0 aromatic heterocycles. The van der Waals surface area contributed by atoms with E-state index in [1.54, 1.807) is 23.9 Å². The molecule has 1 heterocycles. The van der Waals surface area contributed by atoms with Crippen molar-refractivity contribution < 1.29 is 19.0 Å². The molecule has 4 nitrogen and oxygen atoms in total. The van der Waals surface area contributed by atoms with Gasteiger partial charge in [-0.3, -0.25) is 0 Å². The summed E-state index contributed by atoms with van der Waals surface area (Å²) in [5, 5.41) is 0. The zero-order chi connectivity index (χ0) is 15.2. The third-order valence-corrected chi connectivity index (χ3v) is 4.15. The first-order valence-electron chi connectivity index (χ1n) is 7.11. The highest BCUT2D eigenvalue weighted by Crippen LogP contribution is 2.30. The first-order chi connectivity index (χ1) is 10.1. The minimum Gasteiger partial charge on any atom is -0.456 e. The molecule has 0 spiro atoms. The van der Waals surface area contributed by atoms with E-state index >= 15 is 0 Å². The molecule has 1 aromatic carbocycles.